The lowest BCUT2D eigenvalue weighted by Crippen LogP contribution is -2.68. The number of carbonyl (C=O) groups is 7. The molecule has 5 amide bonds. The van der Waals surface area contributed by atoms with E-state index >= 15 is 0 Å². The molecule has 24 heteroatoms. The van der Waals surface area contributed by atoms with E-state index in [0.29, 0.717) is 0 Å². The number of nitrogen functional groups attached to an aromatic ring is 1. The van der Waals surface area contributed by atoms with Gasteiger partial charge in [-0.15, -0.1) is 11.3 Å². The number of rotatable bonds is 13. The molecule has 1 aromatic heterocycles. The SMILES string of the molecule is C[C@H]1CN(/N=C/CNC(=O)C(=O)c2ccc(O)c(O)c2Cl)C(=O)N1[C@]1(C(=O)O)CN2C(=O)C(NC(=O)/C(=N\OC(C)(C)C(=O)O)c3csc(N)n3)[C@H]2S1. The van der Waals surface area contributed by atoms with Crippen LogP contribution in [0.15, 0.2) is 27.8 Å². The van der Waals surface area contributed by atoms with Crippen molar-refractivity contribution >= 4 is 93.2 Å². The number of phenolic OH excluding ortho intramolecular Hbond substituents is 2. The maximum atomic E-state index is 13.6. The van der Waals surface area contributed by atoms with Crippen molar-refractivity contribution in [2.24, 2.45) is 10.3 Å². The third-order valence-corrected chi connectivity index (χ3v) is 10.9. The van der Waals surface area contributed by atoms with Crippen molar-refractivity contribution in [2.45, 2.75) is 48.7 Å². The average Bonchev–Trinajstić information content (AvgIpc) is 3.77. The third kappa shape index (κ3) is 7.09. The number of anilines is 1. The van der Waals surface area contributed by atoms with Crippen LogP contribution in [-0.2, 0) is 28.8 Å². The highest BCUT2D eigenvalue weighted by Crippen LogP contribution is 2.50. The lowest BCUT2D eigenvalue weighted by molar-refractivity contribution is -0.161. The van der Waals surface area contributed by atoms with Gasteiger partial charge in [0.05, 0.1) is 36.3 Å². The number of hydrazone groups is 1. The van der Waals surface area contributed by atoms with Crippen LogP contribution < -0.4 is 16.4 Å². The van der Waals surface area contributed by atoms with Gasteiger partial charge >= 0.3 is 18.0 Å². The van der Waals surface area contributed by atoms with Crippen molar-refractivity contribution in [3.8, 4) is 11.5 Å². The van der Waals surface area contributed by atoms with Gasteiger partial charge in [-0.05, 0) is 32.9 Å². The molecule has 2 aromatic rings. The number of nitrogens with one attached hydrogen (secondary N) is 2. The lowest BCUT2D eigenvalue weighted by Gasteiger charge is -2.41. The first-order chi connectivity index (χ1) is 24.8. The van der Waals surface area contributed by atoms with Gasteiger partial charge in [0, 0.05) is 11.6 Å². The van der Waals surface area contributed by atoms with E-state index in [2.05, 4.69) is 25.9 Å². The zero-order chi connectivity index (χ0) is 39.2. The molecule has 282 valence electrons. The van der Waals surface area contributed by atoms with Crippen molar-refractivity contribution in [3.05, 3.63) is 33.8 Å². The molecule has 0 saturated carbocycles. The number of thiazole rings is 1. The molecule has 5 rings (SSSR count). The molecule has 3 aliphatic rings. The van der Waals surface area contributed by atoms with Gasteiger partial charge in [-0.25, -0.2) is 24.4 Å². The fourth-order valence-electron chi connectivity index (χ4n) is 5.33. The number of Topliss-reactive ketones (excluding diaryl/α,β-unsaturated/α-hetero) is 1. The van der Waals surface area contributed by atoms with Crippen LogP contribution in [0.5, 0.6) is 11.5 Å². The number of hydrogen-bond acceptors (Lipinski definition) is 16. The minimum Gasteiger partial charge on any atom is -0.504 e. The first-order valence-electron chi connectivity index (χ1n) is 15.2. The van der Waals surface area contributed by atoms with Crippen LogP contribution in [0.2, 0.25) is 5.02 Å². The number of halogens is 1. The second kappa shape index (κ2) is 14.4. The monoisotopic (exact) mass is 795 g/mol. The summed E-state index contributed by atoms with van der Waals surface area (Å²) in [6.07, 6.45) is 1.09. The van der Waals surface area contributed by atoms with E-state index in [9.17, 15) is 54.0 Å². The number of fused-ring (bicyclic) bond motifs is 1. The number of benzene rings is 1. The highest BCUT2D eigenvalue weighted by atomic mass is 35.5. The molecule has 21 nitrogen and oxygen atoms in total. The Morgan fingerprint density at radius 3 is 2.51 bits per heavy atom. The van der Waals surface area contributed by atoms with Crippen LogP contribution in [0, 0.1) is 0 Å². The van der Waals surface area contributed by atoms with Crippen molar-refractivity contribution < 1.29 is 58.8 Å². The van der Waals surface area contributed by atoms with Crippen LogP contribution in [0.25, 0.3) is 0 Å². The largest absolute Gasteiger partial charge is 0.504 e. The first-order valence-corrected chi connectivity index (χ1v) is 17.3. The predicted molar refractivity (Wildman–Crippen MR) is 185 cm³/mol. The smallest absolute Gasteiger partial charge is 0.350 e. The Labute approximate surface area is 311 Å². The minimum absolute atomic E-state index is 0.0574. The number of amides is 5. The molecular formula is C29H30ClN9O12S2. The summed E-state index contributed by atoms with van der Waals surface area (Å²) < 4.78 is 0. The van der Waals surface area contributed by atoms with Crippen molar-refractivity contribution in [3.63, 3.8) is 0 Å². The summed E-state index contributed by atoms with van der Waals surface area (Å²) in [5.41, 5.74) is 2.90. The number of hydrogen-bond donors (Lipinski definition) is 7. The summed E-state index contributed by atoms with van der Waals surface area (Å²) in [5, 5.41) is 52.4. The summed E-state index contributed by atoms with van der Waals surface area (Å²) in [5.74, 6) is -8.13. The number of β-lactam (4-membered cyclic amide) rings is 1. The zero-order valence-corrected chi connectivity index (χ0v) is 30.1. The molecule has 0 spiro atoms. The first kappa shape index (κ1) is 38.5. The molecule has 4 atom stereocenters. The van der Waals surface area contributed by atoms with E-state index in [1.165, 1.54) is 24.1 Å². The number of ketones is 1. The van der Waals surface area contributed by atoms with Gasteiger partial charge in [-0.2, -0.15) is 5.10 Å². The molecule has 4 heterocycles. The quantitative estimate of drug-likeness (QED) is 0.0341. The topological polar surface area (TPSA) is 307 Å². The van der Waals surface area contributed by atoms with Gasteiger partial charge in [0.25, 0.3) is 17.6 Å². The molecular weight excluding hydrogens is 766 g/mol. The van der Waals surface area contributed by atoms with Crippen LogP contribution in [0.4, 0.5) is 9.93 Å². The van der Waals surface area contributed by atoms with E-state index in [1.54, 1.807) is 6.92 Å². The third-order valence-electron chi connectivity index (χ3n) is 8.14. The maximum Gasteiger partial charge on any atom is 0.350 e. The summed E-state index contributed by atoms with van der Waals surface area (Å²) in [6.45, 7) is 3.05. The summed E-state index contributed by atoms with van der Waals surface area (Å²) in [6, 6.07) is -0.860. The Balaban J connectivity index is 1.26. The van der Waals surface area contributed by atoms with Crippen LogP contribution in [-0.4, -0.2) is 141 Å². The van der Waals surface area contributed by atoms with Gasteiger partial charge < -0.3 is 46.5 Å². The number of aliphatic carboxylic acids is 2. The molecule has 0 aliphatic carbocycles. The maximum absolute atomic E-state index is 13.6. The summed E-state index contributed by atoms with van der Waals surface area (Å²) in [4.78, 5) is 98.7. The number of carboxylic acids is 2. The highest BCUT2D eigenvalue weighted by Gasteiger charge is 2.67. The number of aromatic hydroxyl groups is 2. The molecule has 3 fully saturated rings. The number of carboxylic acid groups (broad SMARTS) is 2. The average molecular weight is 796 g/mol. The second-order valence-electron chi connectivity index (χ2n) is 12.1. The number of aromatic nitrogens is 1. The van der Waals surface area contributed by atoms with E-state index < -0.39 is 98.2 Å². The number of oxime groups is 1. The predicted octanol–water partition coefficient (Wildman–Crippen LogP) is -0.334. The van der Waals surface area contributed by atoms with Crippen molar-refractivity contribution in [1.29, 1.82) is 0 Å². The Hall–Kier alpha value is -5.68. The molecule has 0 radical (unpaired) electrons. The van der Waals surface area contributed by atoms with E-state index in [-0.39, 0.29) is 29.5 Å². The number of urea groups is 1. The molecule has 53 heavy (non-hydrogen) atoms. The van der Waals surface area contributed by atoms with E-state index in [4.69, 9.17) is 22.2 Å². The number of thioether (sulfide) groups is 1. The molecule has 1 aromatic carbocycles. The molecule has 8 N–H and O–H groups in total. The number of carbonyl (C=O) groups excluding carboxylic acids is 5. The van der Waals surface area contributed by atoms with Crippen LogP contribution >= 0.6 is 34.7 Å². The lowest BCUT2D eigenvalue weighted by atomic mass is 10.0. The van der Waals surface area contributed by atoms with Gasteiger partial charge in [0.2, 0.25) is 16.4 Å². The highest BCUT2D eigenvalue weighted by molar-refractivity contribution is 8.02. The van der Waals surface area contributed by atoms with E-state index in [1.807, 2.05) is 0 Å². The van der Waals surface area contributed by atoms with Crippen LogP contribution in [0.3, 0.4) is 0 Å². The van der Waals surface area contributed by atoms with Crippen LogP contribution in [0.1, 0.15) is 36.8 Å². The van der Waals surface area contributed by atoms with Crippen molar-refractivity contribution in [2.75, 3.05) is 25.4 Å². The Morgan fingerprint density at radius 2 is 1.89 bits per heavy atom. The fourth-order valence-corrected chi connectivity index (χ4v) is 7.83. The Kier molecular flexibility index (Phi) is 10.5. The van der Waals surface area contributed by atoms with Gasteiger partial charge in [0.1, 0.15) is 17.1 Å². The molecule has 3 aliphatic heterocycles. The number of nitrogens with two attached hydrogens (primary N) is 1. The van der Waals surface area contributed by atoms with Gasteiger partial charge in [-0.1, -0.05) is 28.5 Å². The fraction of sp³-hybridized carbons (Fsp3) is 0.379. The summed E-state index contributed by atoms with van der Waals surface area (Å²) >= 11 is 7.54. The normalized spacial score (nSPS) is 22.8. The molecule has 3 saturated heterocycles. The minimum atomic E-state index is -2.01. The van der Waals surface area contributed by atoms with Gasteiger partial charge in [0.15, 0.2) is 22.3 Å². The zero-order valence-electron chi connectivity index (χ0n) is 27.7. The standard InChI is InChI=1S/C29H30ClN9O12S2/c1-11-8-38(33-7-6-32-21(44)18(41)12-4-5-14(40)19(42)15(12)30)27(50)39(11)29(25(48)49)10-37-22(45)17(23(37)53-29)35-20(43)16(13-9-52-26(31)34-13)36-51-28(2,3)24(46)47/h4-5,7,9,11,17,23,40,42H,6,8,10H2,1-3H3,(H2,31,34)(H,32,44)(H,35,43)(H,46,47)(H,48,49)/b33-7+,36-16-/t11-,17?,23+,29+/m0/s1. The Bertz CT molecular complexity index is 1990. The Morgan fingerprint density at radius 1 is 1.19 bits per heavy atom. The molecule has 1 unspecified atom stereocenters. The second-order valence-corrected chi connectivity index (χ2v) is 14.8. The summed E-state index contributed by atoms with van der Waals surface area (Å²) in [7, 11) is 0. The van der Waals surface area contributed by atoms with Gasteiger partial charge in [-0.3, -0.25) is 24.1 Å². The van der Waals surface area contributed by atoms with E-state index in [0.717, 1.165) is 51.4 Å². The number of nitrogens with zero attached hydrogens (tertiary/aromatic N) is 6. The number of phenols is 2. The molecule has 0 bridgehead atoms. The van der Waals surface area contributed by atoms with Crippen molar-refractivity contribution in [1.82, 2.24) is 30.4 Å².